The minimum atomic E-state index is -0.623. The van der Waals surface area contributed by atoms with Crippen molar-refractivity contribution >= 4 is 34.8 Å². The van der Waals surface area contributed by atoms with Crippen molar-refractivity contribution < 1.29 is 9.59 Å². The van der Waals surface area contributed by atoms with Crippen molar-refractivity contribution in [3.8, 4) is 0 Å². The van der Waals surface area contributed by atoms with Gasteiger partial charge in [-0.1, -0.05) is 59.6 Å². The third-order valence-electron chi connectivity index (χ3n) is 5.67. The zero-order valence-corrected chi connectivity index (χ0v) is 17.0. The molecule has 4 heteroatoms. The maximum atomic E-state index is 13.1. The topological polar surface area (TPSA) is 34.1 Å². The Balaban J connectivity index is 1.66. The molecule has 0 saturated heterocycles. The Labute approximate surface area is 170 Å². The van der Waals surface area contributed by atoms with Crippen LogP contribution in [-0.2, 0) is 16.0 Å². The molecule has 0 radical (unpaired) electrons. The molecule has 2 nitrogen and oxygen atoms in total. The van der Waals surface area contributed by atoms with Gasteiger partial charge in [0.05, 0.1) is 5.92 Å². The fourth-order valence-electron chi connectivity index (χ4n) is 4.07. The van der Waals surface area contributed by atoms with E-state index in [1.54, 1.807) is 18.2 Å². The molecule has 0 bridgehead atoms. The lowest BCUT2D eigenvalue weighted by molar-refractivity contribution is -0.134. The average molecular weight is 403 g/mol. The normalized spacial score (nSPS) is 20.9. The highest BCUT2D eigenvalue weighted by Gasteiger charge is 2.33. The second-order valence-corrected chi connectivity index (χ2v) is 8.31. The first kappa shape index (κ1) is 20.1. The SMILES string of the molecule is CC(=O)C(Cc1ccc(Cl)cc1Cl)C(=O)[C@H]1CC[C@H](c2ccccc2)CC1. The first-order valence-corrected chi connectivity index (χ1v) is 10.2. The number of hydrogen-bond acceptors (Lipinski definition) is 2. The summed E-state index contributed by atoms with van der Waals surface area (Å²) in [5, 5.41) is 1.06. The van der Waals surface area contributed by atoms with Crippen LogP contribution in [-0.4, -0.2) is 11.6 Å². The summed E-state index contributed by atoms with van der Waals surface area (Å²) in [6, 6.07) is 15.7. The van der Waals surface area contributed by atoms with Crippen molar-refractivity contribution in [1.82, 2.24) is 0 Å². The Morgan fingerprint density at radius 2 is 1.67 bits per heavy atom. The summed E-state index contributed by atoms with van der Waals surface area (Å²) in [6.07, 6.45) is 4.02. The smallest absolute Gasteiger partial charge is 0.146 e. The highest BCUT2D eigenvalue weighted by Crippen LogP contribution is 2.37. The zero-order valence-electron chi connectivity index (χ0n) is 15.5. The molecule has 0 aliphatic heterocycles. The number of carbonyl (C=O) groups is 2. The van der Waals surface area contributed by atoms with E-state index in [1.807, 2.05) is 6.07 Å². The van der Waals surface area contributed by atoms with Crippen LogP contribution in [0.3, 0.4) is 0 Å². The molecule has 1 aliphatic rings. The largest absolute Gasteiger partial charge is 0.299 e. The molecule has 3 rings (SSSR count). The van der Waals surface area contributed by atoms with Crippen molar-refractivity contribution in [2.75, 3.05) is 0 Å². The zero-order chi connectivity index (χ0) is 19.4. The molecule has 0 amide bonds. The van der Waals surface area contributed by atoms with Crippen molar-refractivity contribution in [2.24, 2.45) is 11.8 Å². The minimum Gasteiger partial charge on any atom is -0.299 e. The van der Waals surface area contributed by atoms with Crippen LogP contribution in [0.5, 0.6) is 0 Å². The third kappa shape index (κ3) is 5.00. The van der Waals surface area contributed by atoms with E-state index in [1.165, 1.54) is 12.5 Å². The number of rotatable bonds is 6. The van der Waals surface area contributed by atoms with Crippen molar-refractivity contribution in [1.29, 1.82) is 0 Å². The molecule has 0 heterocycles. The Hall–Kier alpha value is -1.64. The van der Waals surface area contributed by atoms with E-state index in [2.05, 4.69) is 24.3 Å². The van der Waals surface area contributed by atoms with Crippen LogP contribution in [0.4, 0.5) is 0 Å². The van der Waals surface area contributed by atoms with Gasteiger partial charge in [0.25, 0.3) is 0 Å². The lowest BCUT2D eigenvalue weighted by Crippen LogP contribution is -2.32. The van der Waals surface area contributed by atoms with Gasteiger partial charge in [-0.3, -0.25) is 9.59 Å². The van der Waals surface area contributed by atoms with E-state index in [0.717, 1.165) is 31.2 Å². The van der Waals surface area contributed by atoms with Gasteiger partial charge in [0.2, 0.25) is 0 Å². The van der Waals surface area contributed by atoms with Crippen LogP contribution in [0.25, 0.3) is 0 Å². The van der Waals surface area contributed by atoms with E-state index in [4.69, 9.17) is 23.2 Å². The van der Waals surface area contributed by atoms with Crippen LogP contribution in [0, 0.1) is 11.8 Å². The Morgan fingerprint density at radius 3 is 2.26 bits per heavy atom. The van der Waals surface area contributed by atoms with E-state index in [0.29, 0.717) is 22.4 Å². The summed E-state index contributed by atoms with van der Waals surface area (Å²) in [5.41, 5.74) is 2.15. The van der Waals surface area contributed by atoms with Gasteiger partial charge >= 0.3 is 0 Å². The predicted octanol–water partition coefficient (Wildman–Crippen LogP) is 6.28. The first-order chi connectivity index (χ1) is 13.0. The van der Waals surface area contributed by atoms with Crippen molar-refractivity contribution in [3.63, 3.8) is 0 Å². The van der Waals surface area contributed by atoms with Crippen molar-refractivity contribution in [3.05, 3.63) is 69.7 Å². The highest BCUT2D eigenvalue weighted by atomic mass is 35.5. The Bertz CT molecular complexity index is 808. The second kappa shape index (κ2) is 9.03. The molecule has 2 aromatic rings. The van der Waals surface area contributed by atoms with Gasteiger partial charge in [-0.05, 0) is 68.2 Å². The lowest BCUT2D eigenvalue weighted by atomic mass is 9.73. The molecule has 142 valence electrons. The highest BCUT2D eigenvalue weighted by molar-refractivity contribution is 6.35. The molecule has 0 spiro atoms. The van der Waals surface area contributed by atoms with Crippen LogP contribution >= 0.6 is 23.2 Å². The van der Waals surface area contributed by atoms with Gasteiger partial charge in [-0.25, -0.2) is 0 Å². The van der Waals surface area contributed by atoms with Crippen LogP contribution < -0.4 is 0 Å². The van der Waals surface area contributed by atoms with Crippen LogP contribution in [0.15, 0.2) is 48.5 Å². The van der Waals surface area contributed by atoms with E-state index in [-0.39, 0.29) is 17.5 Å². The van der Waals surface area contributed by atoms with Crippen LogP contribution in [0.2, 0.25) is 10.0 Å². The number of halogens is 2. The number of ketones is 2. The van der Waals surface area contributed by atoms with Crippen LogP contribution in [0.1, 0.15) is 49.7 Å². The Morgan fingerprint density at radius 1 is 1.00 bits per heavy atom. The standard InChI is InChI=1S/C23H24Cl2O2/c1-15(26)21(13-19-11-12-20(24)14-22(19)25)23(27)18-9-7-17(8-10-18)16-5-3-2-4-6-16/h2-6,11-12,14,17-18,21H,7-10,13H2,1H3/t17-,18-,21?. The number of benzene rings is 2. The molecule has 0 aromatic heterocycles. The summed E-state index contributed by atoms with van der Waals surface area (Å²) in [7, 11) is 0. The van der Waals surface area contributed by atoms with Gasteiger partial charge in [-0.15, -0.1) is 0 Å². The van der Waals surface area contributed by atoms with Gasteiger partial charge < -0.3 is 0 Å². The molecule has 0 N–H and O–H groups in total. The molecule has 1 fully saturated rings. The van der Waals surface area contributed by atoms with Gasteiger partial charge in [0, 0.05) is 16.0 Å². The molecular formula is C23H24Cl2O2. The molecule has 2 aromatic carbocycles. The summed E-state index contributed by atoms with van der Waals surface area (Å²) in [5.74, 6) is -0.167. The molecule has 1 aliphatic carbocycles. The summed E-state index contributed by atoms with van der Waals surface area (Å²) < 4.78 is 0. The Kier molecular flexibility index (Phi) is 6.73. The summed E-state index contributed by atoms with van der Waals surface area (Å²) in [4.78, 5) is 25.3. The van der Waals surface area contributed by atoms with Gasteiger partial charge in [0.1, 0.15) is 11.6 Å². The maximum absolute atomic E-state index is 13.1. The summed E-state index contributed by atoms with van der Waals surface area (Å²) >= 11 is 12.2. The average Bonchev–Trinajstić information content (AvgIpc) is 2.67. The third-order valence-corrected chi connectivity index (χ3v) is 6.26. The van der Waals surface area contributed by atoms with Gasteiger partial charge in [-0.2, -0.15) is 0 Å². The minimum absolute atomic E-state index is 0.0371. The predicted molar refractivity (Wildman–Crippen MR) is 110 cm³/mol. The second-order valence-electron chi connectivity index (χ2n) is 7.46. The van der Waals surface area contributed by atoms with E-state index < -0.39 is 5.92 Å². The molecule has 1 atom stereocenters. The number of hydrogen-bond donors (Lipinski definition) is 0. The maximum Gasteiger partial charge on any atom is 0.146 e. The monoisotopic (exact) mass is 402 g/mol. The summed E-state index contributed by atoms with van der Waals surface area (Å²) in [6.45, 7) is 1.50. The fourth-order valence-corrected chi connectivity index (χ4v) is 4.56. The first-order valence-electron chi connectivity index (χ1n) is 9.48. The molecule has 1 unspecified atom stereocenters. The quantitative estimate of drug-likeness (QED) is 0.532. The number of Topliss-reactive ketones (excluding diaryl/α,β-unsaturated/α-hetero) is 2. The molecule has 27 heavy (non-hydrogen) atoms. The fraction of sp³-hybridized carbons (Fsp3) is 0.391. The molecular weight excluding hydrogens is 379 g/mol. The van der Waals surface area contributed by atoms with Gasteiger partial charge in [0.15, 0.2) is 0 Å². The lowest BCUT2D eigenvalue weighted by Gasteiger charge is -2.30. The number of carbonyl (C=O) groups excluding carboxylic acids is 2. The van der Waals surface area contributed by atoms with E-state index >= 15 is 0 Å². The molecule has 1 saturated carbocycles. The van der Waals surface area contributed by atoms with E-state index in [9.17, 15) is 9.59 Å². The van der Waals surface area contributed by atoms with Crippen molar-refractivity contribution in [2.45, 2.75) is 44.9 Å².